The van der Waals surface area contributed by atoms with Crippen LogP contribution in [0.2, 0.25) is 0 Å². The summed E-state index contributed by atoms with van der Waals surface area (Å²) in [5.74, 6) is 0.854. The monoisotopic (exact) mass is 208 g/mol. The van der Waals surface area contributed by atoms with Crippen molar-refractivity contribution in [2.75, 3.05) is 19.8 Å². The lowest BCUT2D eigenvalue weighted by molar-refractivity contribution is -0.183. The van der Waals surface area contributed by atoms with Gasteiger partial charge in [0.15, 0.2) is 6.29 Å². The molecule has 1 aromatic rings. The van der Waals surface area contributed by atoms with Crippen LogP contribution in [-0.4, -0.2) is 19.8 Å². The lowest BCUT2D eigenvalue weighted by Crippen LogP contribution is -2.18. The molecule has 1 fully saturated rings. The molecule has 0 unspecified atom stereocenters. The lowest BCUT2D eigenvalue weighted by atomic mass is 10.2. The highest BCUT2D eigenvalue weighted by atomic mass is 16.7. The Morgan fingerprint density at radius 3 is 2.73 bits per heavy atom. The van der Waals surface area contributed by atoms with Crippen LogP contribution in [0.1, 0.15) is 25.2 Å². The fraction of sp³-hybridized carbons (Fsp3) is 0.500. The van der Waals surface area contributed by atoms with Gasteiger partial charge >= 0.3 is 0 Å². The van der Waals surface area contributed by atoms with Crippen LogP contribution in [-0.2, 0) is 9.47 Å². The first-order valence-electron chi connectivity index (χ1n) is 5.36. The standard InChI is InChI=1S/C12H16O3/c1-2-13-11-7-4-3-6-10(11)12-14-8-5-9-15-12/h3-4,6-7,12H,2,5,8-9H2,1H3. The van der Waals surface area contributed by atoms with E-state index in [0.29, 0.717) is 6.61 Å². The molecule has 0 saturated carbocycles. The number of rotatable bonds is 3. The Morgan fingerprint density at radius 1 is 1.27 bits per heavy atom. The third-order valence-corrected chi connectivity index (χ3v) is 2.30. The molecular weight excluding hydrogens is 192 g/mol. The van der Waals surface area contributed by atoms with Crippen LogP contribution in [0.5, 0.6) is 5.75 Å². The molecule has 0 bridgehead atoms. The van der Waals surface area contributed by atoms with Gasteiger partial charge in [-0.15, -0.1) is 0 Å². The summed E-state index contributed by atoms with van der Waals surface area (Å²) in [6.07, 6.45) is 0.703. The van der Waals surface area contributed by atoms with E-state index in [2.05, 4.69) is 0 Å². The molecule has 0 N–H and O–H groups in total. The van der Waals surface area contributed by atoms with Gasteiger partial charge in [0.1, 0.15) is 5.75 Å². The average molecular weight is 208 g/mol. The summed E-state index contributed by atoms with van der Waals surface area (Å²) >= 11 is 0. The highest BCUT2D eigenvalue weighted by molar-refractivity contribution is 5.34. The van der Waals surface area contributed by atoms with Gasteiger partial charge in [0, 0.05) is 5.56 Å². The van der Waals surface area contributed by atoms with Gasteiger partial charge in [0.05, 0.1) is 19.8 Å². The highest BCUT2D eigenvalue weighted by Crippen LogP contribution is 2.30. The van der Waals surface area contributed by atoms with Gasteiger partial charge in [-0.05, 0) is 19.4 Å². The number of benzene rings is 1. The molecule has 3 heteroatoms. The topological polar surface area (TPSA) is 27.7 Å². The van der Waals surface area contributed by atoms with E-state index in [9.17, 15) is 0 Å². The minimum absolute atomic E-state index is 0.263. The van der Waals surface area contributed by atoms with Crippen LogP contribution in [0, 0.1) is 0 Å². The van der Waals surface area contributed by atoms with Crippen molar-refractivity contribution in [2.45, 2.75) is 19.6 Å². The first kappa shape index (κ1) is 10.5. The molecule has 1 heterocycles. The molecule has 0 aliphatic carbocycles. The fourth-order valence-corrected chi connectivity index (χ4v) is 1.63. The van der Waals surface area contributed by atoms with Crippen LogP contribution in [0.4, 0.5) is 0 Å². The van der Waals surface area contributed by atoms with Crippen molar-refractivity contribution in [3.8, 4) is 5.75 Å². The van der Waals surface area contributed by atoms with E-state index < -0.39 is 0 Å². The van der Waals surface area contributed by atoms with Crippen molar-refractivity contribution in [1.29, 1.82) is 0 Å². The lowest BCUT2D eigenvalue weighted by Gasteiger charge is -2.24. The van der Waals surface area contributed by atoms with Crippen LogP contribution >= 0.6 is 0 Å². The molecule has 3 nitrogen and oxygen atoms in total. The molecule has 0 radical (unpaired) electrons. The summed E-state index contributed by atoms with van der Waals surface area (Å²) in [6.45, 7) is 4.14. The minimum Gasteiger partial charge on any atom is -0.493 e. The van der Waals surface area contributed by atoms with E-state index in [1.54, 1.807) is 0 Å². The van der Waals surface area contributed by atoms with Gasteiger partial charge in [0.2, 0.25) is 0 Å². The molecule has 2 rings (SSSR count). The van der Waals surface area contributed by atoms with E-state index >= 15 is 0 Å². The van der Waals surface area contributed by atoms with Crippen molar-refractivity contribution < 1.29 is 14.2 Å². The minimum atomic E-state index is -0.263. The molecule has 0 amide bonds. The maximum Gasteiger partial charge on any atom is 0.187 e. The van der Waals surface area contributed by atoms with Crippen molar-refractivity contribution in [3.05, 3.63) is 29.8 Å². The Balaban J connectivity index is 2.17. The van der Waals surface area contributed by atoms with Crippen molar-refractivity contribution in [3.63, 3.8) is 0 Å². The second-order valence-corrected chi connectivity index (χ2v) is 3.40. The average Bonchev–Trinajstić information content (AvgIpc) is 2.31. The summed E-state index contributed by atoms with van der Waals surface area (Å²) < 4.78 is 16.6. The zero-order valence-corrected chi connectivity index (χ0v) is 8.94. The van der Waals surface area contributed by atoms with E-state index in [1.807, 2.05) is 31.2 Å². The Labute approximate surface area is 90.0 Å². The predicted octanol–water partition coefficient (Wildman–Crippen LogP) is 2.52. The van der Waals surface area contributed by atoms with E-state index in [0.717, 1.165) is 30.9 Å². The smallest absolute Gasteiger partial charge is 0.187 e. The zero-order valence-electron chi connectivity index (χ0n) is 8.94. The molecule has 82 valence electrons. The summed E-state index contributed by atoms with van der Waals surface area (Å²) in [7, 11) is 0. The van der Waals surface area contributed by atoms with Crippen molar-refractivity contribution in [2.24, 2.45) is 0 Å². The van der Waals surface area contributed by atoms with Crippen molar-refractivity contribution >= 4 is 0 Å². The van der Waals surface area contributed by atoms with Crippen LogP contribution in [0.25, 0.3) is 0 Å². The first-order valence-corrected chi connectivity index (χ1v) is 5.36. The predicted molar refractivity (Wildman–Crippen MR) is 56.9 cm³/mol. The second kappa shape index (κ2) is 5.14. The van der Waals surface area contributed by atoms with Crippen LogP contribution in [0.15, 0.2) is 24.3 Å². The molecular formula is C12H16O3. The quantitative estimate of drug-likeness (QED) is 0.764. The number of hydrogen-bond donors (Lipinski definition) is 0. The highest BCUT2D eigenvalue weighted by Gasteiger charge is 2.19. The van der Waals surface area contributed by atoms with E-state index in [-0.39, 0.29) is 6.29 Å². The van der Waals surface area contributed by atoms with Gasteiger partial charge in [-0.25, -0.2) is 0 Å². The van der Waals surface area contributed by atoms with Gasteiger partial charge in [0.25, 0.3) is 0 Å². The number of ether oxygens (including phenoxy) is 3. The summed E-state index contributed by atoms with van der Waals surface area (Å²) in [4.78, 5) is 0. The molecule has 1 aliphatic heterocycles. The molecule has 0 atom stereocenters. The largest absolute Gasteiger partial charge is 0.493 e. The summed E-state index contributed by atoms with van der Waals surface area (Å²) in [5, 5.41) is 0. The fourth-order valence-electron chi connectivity index (χ4n) is 1.63. The first-order chi connectivity index (χ1) is 7.42. The number of hydrogen-bond acceptors (Lipinski definition) is 3. The third-order valence-electron chi connectivity index (χ3n) is 2.30. The molecule has 0 spiro atoms. The van der Waals surface area contributed by atoms with Gasteiger partial charge in [-0.1, -0.05) is 18.2 Å². The Bertz CT molecular complexity index is 305. The van der Waals surface area contributed by atoms with Gasteiger partial charge < -0.3 is 14.2 Å². The summed E-state index contributed by atoms with van der Waals surface area (Å²) in [6, 6.07) is 7.86. The Morgan fingerprint density at radius 2 is 2.00 bits per heavy atom. The molecule has 15 heavy (non-hydrogen) atoms. The van der Waals surface area contributed by atoms with Crippen LogP contribution < -0.4 is 4.74 Å². The summed E-state index contributed by atoms with van der Waals surface area (Å²) in [5.41, 5.74) is 0.985. The van der Waals surface area contributed by atoms with Gasteiger partial charge in [-0.3, -0.25) is 0 Å². The molecule has 1 saturated heterocycles. The maximum absolute atomic E-state index is 5.55. The van der Waals surface area contributed by atoms with Crippen LogP contribution in [0.3, 0.4) is 0 Å². The Kier molecular flexibility index (Phi) is 3.59. The third kappa shape index (κ3) is 2.49. The number of para-hydroxylation sites is 1. The van der Waals surface area contributed by atoms with E-state index in [4.69, 9.17) is 14.2 Å². The molecule has 1 aliphatic rings. The zero-order chi connectivity index (χ0) is 10.5. The normalized spacial score (nSPS) is 17.7. The van der Waals surface area contributed by atoms with E-state index in [1.165, 1.54) is 0 Å². The molecule has 1 aromatic carbocycles. The van der Waals surface area contributed by atoms with Gasteiger partial charge in [-0.2, -0.15) is 0 Å². The maximum atomic E-state index is 5.55. The Hall–Kier alpha value is -1.06. The SMILES string of the molecule is CCOc1ccccc1C1OCCCO1. The van der Waals surface area contributed by atoms with Crippen molar-refractivity contribution in [1.82, 2.24) is 0 Å². The second-order valence-electron chi connectivity index (χ2n) is 3.40. The molecule has 0 aromatic heterocycles.